The van der Waals surface area contributed by atoms with Crippen molar-refractivity contribution in [2.24, 2.45) is 0 Å². The Labute approximate surface area is 395 Å². The number of hydrogen-bond donors (Lipinski definition) is 0. The van der Waals surface area contributed by atoms with Crippen molar-refractivity contribution < 1.29 is 0 Å². The third-order valence-corrected chi connectivity index (χ3v) is 12.1. The van der Waals surface area contributed by atoms with Crippen molar-refractivity contribution in [3.05, 3.63) is 312 Å². The quantitative estimate of drug-likeness (QED) is 0.107. The molecule has 0 saturated carbocycles. The number of hydrogen-bond acceptors (Lipinski definition) is 2. The second-order valence-corrected chi connectivity index (χ2v) is 16.7. The van der Waals surface area contributed by atoms with Crippen LogP contribution >= 0.6 is 0 Å². The minimum Gasteiger partial charge on any atom is -0.311 e. The minimum absolute atomic E-state index is 1.09. The maximum Gasteiger partial charge on any atom is 0.0464 e. The van der Waals surface area contributed by atoms with Gasteiger partial charge < -0.3 is 9.80 Å². The standard InChI is InChI=1S/C65H50N2/c1-49-18-17-29-63(46-49)67(60-40-32-51(33-41-60)48-65(56-23-11-4-12-24-56)57-25-13-5-14-26-57)62-44-36-53(37-45-62)52-34-42-61(43-35-52)66(58-27-15-6-16-28-58)59-38-30-50(31-39-59)47-64(54-19-7-2-8-20-54)55-21-9-3-10-22-55/h2-48H,1H3. The van der Waals surface area contributed by atoms with Crippen LogP contribution in [0.2, 0.25) is 0 Å². The number of nitrogens with zero attached hydrogens (tertiary/aromatic N) is 2. The van der Waals surface area contributed by atoms with Crippen LogP contribution in [0.5, 0.6) is 0 Å². The Bertz CT molecular complexity index is 3130. The number of rotatable bonds is 13. The van der Waals surface area contributed by atoms with Crippen LogP contribution in [0, 0.1) is 6.92 Å². The van der Waals surface area contributed by atoms with Gasteiger partial charge in [-0.25, -0.2) is 0 Å². The molecule has 0 N–H and O–H groups in total. The lowest BCUT2D eigenvalue weighted by atomic mass is 9.95. The number of anilines is 6. The molecule has 0 spiro atoms. The summed E-state index contributed by atoms with van der Waals surface area (Å²) in [6.45, 7) is 2.15. The number of benzene rings is 10. The van der Waals surface area contributed by atoms with Gasteiger partial charge in [0.25, 0.3) is 0 Å². The van der Waals surface area contributed by atoms with E-state index in [4.69, 9.17) is 0 Å². The van der Waals surface area contributed by atoms with E-state index in [9.17, 15) is 0 Å². The largest absolute Gasteiger partial charge is 0.311 e. The van der Waals surface area contributed by atoms with Crippen LogP contribution in [0.25, 0.3) is 34.4 Å². The molecule has 0 radical (unpaired) electrons. The van der Waals surface area contributed by atoms with Crippen LogP contribution in [0.15, 0.2) is 273 Å². The van der Waals surface area contributed by atoms with Crippen molar-refractivity contribution in [1.29, 1.82) is 0 Å². The Kier molecular flexibility index (Phi) is 12.6. The fourth-order valence-electron chi connectivity index (χ4n) is 8.75. The molecule has 0 aliphatic carbocycles. The van der Waals surface area contributed by atoms with Crippen molar-refractivity contribution in [2.75, 3.05) is 9.80 Å². The van der Waals surface area contributed by atoms with Crippen LogP contribution in [0.4, 0.5) is 34.1 Å². The summed E-state index contributed by atoms with van der Waals surface area (Å²) in [5.74, 6) is 0. The van der Waals surface area contributed by atoms with E-state index in [0.29, 0.717) is 0 Å². The van der Waals surface area contributed by atoms with E-state index in [1.165, 1.54) is 39.0 Å². The van der Waals surface area contributed by atoms with Gasteiger partial charge in [0.2, 0.25) is 0 Å². The van der Waals surface area contributed by atoms with Gasteiger partial charge in [0, 0.05) is 34.1 Å². The van der Waals surface area contributed by atoms with Gasteiger partial charge in [0.15, 0.2) is 0 Å². The maximum atomic E-state index is 2.34. The molecule has 10 rings (SSSR count). The highest BCUT2D eigenvalue weighted by Crippen LogP contribution is 2.39. The normalized spacial score (nSPS) is 10.8. The average molecular weight is 859 g/mol. The second kappa shape index (κ2) is 20.0. The predicted octanol–water partition coefficient (Wildman–Crippen LogP) is 17.8. The fraction of sp³-hybridized carbons (Fsp3) is 0.0154. The van der Waals surface area contributed by atoms with E-state index in [1.54, 1.807) is 0 Å². The van der Waals surface area contributed by atoms with Gasteiger partial charge in [0.05, 0.1) is 0 Å². The predicted molar refractivity (Wildman–Crippen MR) is 286 cm³/mol. The van der Waals surface area contributed by atoms with E-state index in [2.05, 4.69) is 302 Å². The van der Waals surface area contributed by atoms with Crippen LogP contribution in [-0.2, 0) is 0 Å². The molecule has 2 nitrogen and oxygen atoms in total. The van der Waals surface area contributed by atoms with Crippen molar-refractivity contribution in [2.45, 2.75) is 6.92 Å². The first-order chi connectivity index (χ1) is 33.1. The molecular weight excluding hydrogens is 809 g/mol. The molecule has 0 unspecified atom stereocenters. The third-order valence-electron chi connectivity index (χ3n) is 12.1. The monoisotopic (exact) mass is 858 g/mol. The molecule has 0 aliphatic heterocycles. The number of para-hydroxylation sites is 1. The van der Waals surface area contributed by atoms with Gasteiger partial charge in [-0.15, -0.1) is 0 Å². The van der Waals surface area contributed by atoms with Gasteiger partial charge in [-0.3, -0.25) is 0 Å². The summed E-state index contributed by atoms with van der Waals surface area (Å²) >= 11 is 0. The smallest absolute Gasteiger partial charge is 0.0464 e. The lowest BCUT2D eigenvalue weighted by Gasteiger charge is -2.26. The van der Waals surface area contributed by atoms with Crippen LogP contribution in [-0.4, -0.2) is 0 Å². The molecule has 0 amide bonds. The Hall–Kier alpha value is -8.72. The molecule has 0 saturated heterocycles. The van der Waals surface area contributed by atoms with Crippen LogP contribution < -0.4 is 9.80 Å². The van der Waals surface area contributed by atoms with Gasteiger partial charge >= 0.3 is 0 Å². The Morgan fingerprint density at radius 2 is 0.552 bits per heavy atom. The molecule has 67 heavy (non-hydrogen) atoms. The third kappa shape index (κ3) is 9.85. The summed E-state index contributed by atoms with van der Waals surface area (Å²) in [6, 6.07) is 97.4. The molecule has 320 valence electrons. The zero-order valence-electron chi connectivity index (χ0n) is 37.5. The molecule has 0 heterocycles. The van der Waals surface area contributed by atoms with Gasteiger partial charge in [0.1, 0.15) is 0 Å². The molecule has 0 aliphatic rings. The highest BCUT2D eigenvalue weighted by Gasteiger charge is 2.16. The molecule has 10 aromatic rings. The summed E-state index contributed by atoms with van der Waals surface area (Å²) in [5.41, 5.74) is 19.6. The Morgan fingerprint density at radius 1 is 0.269 bits per heavy atom. The average Bonchev–Trinajstić information content (AvgIpc) is 3.40. The lowest BCUT2D eigenvalue weighted by Crippen LogP contribution is -2.10. The zero-order valence-corrected chi connectivity index (χ0v) is 37.5. The Morgan fingerprint density at radius 3 is 0.896 bits per heavy atom. The summed E-state index contributed by atoms with van der Waals surface area (Å²) in [4.78, 5) is 4.66. The summed E-state index contributed by atoms with van der Waals surface area (Å²) in [5, 5.41) is 0. The molecule has 0 fully saturated rings. The minimum atomic E-state index is 1.09. The van der Waals surface area contributed by atoms with E-state index in [1.807, 2.05) is 0 Å². The molecule has 2 heteroatoms. The summed E-state index contributed by atoms with van der Waals surface area (Å²) < 4.78 is 0. The number of aryl methyl sites for hydroxylation is 1. The van der Waals surface area contributed by atoms with Crippen molar-refractivity contribution >= 4 is 57.4 Å². The summed E-state index contributed by atoms with van der Waals surface area (Å²) in [6.07, 6.45) is 4.57. The molecule has 10 aromatic carbocycles. The van der Waals surface area contributed by atoms with Crippen molar-refractivity contribution in [1.82, 2.24) is 0 Å². The SMILES string of the molecule is Cc1cccc(N(c2ccc(C=C(c3ccccc3)c3ccccc3)cc2)c2ccc(-c3ccc(N(c4ccccc4)c4ccc(C=C(c5ccccc5)c5ccccc5)cc4)cc3)cc2)c1. The molecule has 0 aromatic heterocycles. The van der Waals surface area contributed by atoms with Gasteiger partial charge in [-0.2, -0.15) is 0 Å². The highest BCUT2D eigenvalue weighted by atomic mass is 15.1. The van der Waals surface area contributed by atoms with Crippen molar-refractivity contribution in [3.63, 3.8) is 0 Å². The zero-order chi connectivity index (χ0) is 45.2. The van der Waals surface area contributed by atoms with Crippen LogP contribution in [0.1, 0.15) is 38.9 Å². The van der Waals surface area contributed by atoms with Gasteiger partial charge in [-0.1, -0.05) is 200 Å². The first-order valence-electron chi connectivity index (χ1n) is 22.9. The second-order valence-electron chi connectivity index (χ2n) is 16.7. The Balaban J connectivity index is 0.928. The maximum absolute atomic E-state index is 2.34. The topological polar surface area (TPSA) is 6.48 Å². The van der Waals surface area contributed by atoms with E-state index < -0.39 is 0 Å². The van der Waals surface area contributed by atoms with Gasteiger partial charge in [-0.05, 0) is 153 Å². The van der Waals surface area contributed by atoms with E-state index in [-0.39, 0.29) is 0 Å². The first-order valence-corrected chi connectivity index (χ1v) is 22.9. The van der Waals surface area contributed by atoms with E-state index in [0.717, 1.165) is 56.4 Å². The fourth-order valence-corrected chi connectivity index (χ4v) is 8.75. The molecular formula is C65H50N2. The van der Waals surface area contributed by atoms with E-state index >= 15 is 0 Å². The summed E-state index contributed by atoms with van der Waals surface area (Å²) in [7, 11) is 0. The molecule has 0 atom stereocenters. The highest BCUT2D eigenvalue weighted by molar-refractivity contribution is 5.93. The van der Waals surface area contributed by atoms with Crippen molar-refractivity contribution in [3.8, 4) is 11.1 Å². The lowest BCUT2D eigenvalue weighted by molar-refractivity contribution is 1.27. The van der Waals surface area contributed by atoms with Crippen LogP contribution in [0.3, 0.4) is 0 Å². The molecule has 0 bridgehead atoms. The first kappa shape index (κ1) is 42.2.